The number of carbonyl (C=O) groups excluding carboxylic acids is 2. The molecular weight excluding hydrogens is 400 g/mol. The van der Waals surface area contributed by atoms with Crippen molar-refractivity contribution in [2.75, 3.05) is 5.32 Å². The number of carboxylic acid groups (broad SMARTS) is 1. The maximum Gasteiger partial charge on any atom is 0.335 e. The van der Waals surface area contributed by atoms with Crippen molar-refractivity contribution in [3.8, 4) is 10.4 Å². The van der Waals surface area contributed by atoms with E-state index in [4.69, 9.17) is 5.11 Å². The maximum atomic E-state index is 12.7. The minimum absolute atomic E-state index is 0.129. The number of thiophene rings is 1. The van der Waals surface area contributed by atoms with Crippen molar-refractivity contribution in [1.29, 1.82) is 0 Å². The normalized spacial score (nSPS) is 13.0. The SMILES string of the molecule is Cc1ccc(C(=O)NC2CC2)cc1NC(=O)c1ccc(-c2ccc(C(=O)O)cc2)s1. The Kier molecular flexibility index (Phi) is 5.37. The summed E-state index contributed by atoms with van der Waals surface area (Å²) in [4.78, 5) is 37.4. The van der Waals surface area contributed by atoms with E-state index in [2.05, 4.69) is 10.6 Å². The van der Waals surface area contributed by atoms with E-state index in [0.717, 1.165) is 28.8 Å². The molecule has 0 radical (unpaired) electrons. The third kappa shape index (κ3) is 4.41. The van der Waals surface area contributed by atoms with Gasteiger partial charge in [-0.3, -0.25) is 9.59 Å². The Morgan fingerprint density at radius 2 is 1.63 bits per heavy atom. The fraction of sp³-hybridized carbons (Fsp3) is 0.174. The number of carboxylic acids is 1. The van der Waals surface area contributed by atoms with Crippen LogP contribution in [0.3, 0.4) is 0 Å². The lowest BCUT2D eigenvalue weighted by molar-refractivity contribution is 0.0696. The predicted octanol–water partition coefficient (Wildman–Crippen LogP) is 4.57. The molecule has 0 unspecified atom stereocenters. The van der Waals surface area contributed by atoms with Gasteiger partial charge in [0.15, 0.2) is 0 Å². The highest BCUT2D eigenvalue weighted by Crippen LogP contribution is 2.29. The van der Waals surface area contributed by atoms with E-state index in [9.17, 15) is 14.4 Å². The Labute approximate surface area is 177 Å². The van der Waals surface area contributed by atoms with Crippen molar-refractivity contribution in [3.63, 3.8) is 0 Å². The molecule has 1 aromatic heterocycles. The number of anilines is 1. The van der Waals surface area contributed by atoms with Gasteiger partial charge in [0, 0.05) is 22.2 Å². The minimum atomic E-state index is -0.976. The molecule has 1 heterocycles. The van der Waals surface area contributed by atoms with Crippen LogP contribution in [0.15, 0.2) is 54.6 Å². The first-order chi connectivity index (χ1) is 14.4. The molecule has 0 spiro atoms. The van der Waals surface area contributed by atoms with Crippen molar-refractivity contribution in [1.82, 2.24) is 5.32 Å². The number of amides is 2. The Morgan fingerprint density at radius 3 is 2.30 bits per heavy atom. The molecule has 1 aliphatic carbocycles. The first-order valence-corrected chi connectivity index (χ1v) is 10.4. The van der Waals surface area contributed by atoms with E-state index in [-0.39, 0.29) is 23.4 Å². The lowest BCUT2D eigenvalue weighted by Gasteiger charge is -2.10. The predicted molar refractivity (Wildman–Crippen MR) is 116 cm³/mol. The van der Waals surface area contributed by atoms with Gasteiger partial charge in [0.05, 0.1) is 10.4 Å². The van der Waals surface area contributed by atoms with Crippen LogP contribution in [0.2, 0.25) is 0 Å². The zero-order valence-electron chi connectivity index (χ0n) is 16.3. The number of nitrogens with one attached hydrogen (secondary N) is 2. The van der Waals surface area contributed by atoms with Crippen LogP contribution in [-0.2, 0) is 0 Å². The van der Waals surface area contributed by atoms with Crippen molar-refractivity contribution in [3.05, 3.63) is 76.2 Å². The van der Waals surface area contributed by atoms with Crippen LogP contribution >= 0.6 is 11.3 Å². The zero-order chi connectivity index (χ0) is 21.3. The molecule has 4 rings (SSSR count). The van der Waals surface area contributed by atoms with Crippen LogP contribution in [0, 0.1) is 6.92 Å². The largest absolute Gasteiger partial charge is 0.478 e. The van der Waals surface area contributed by atoms with E-state index in [1.54, 1.807) is 42.5 Å². The molecular formula is C23H20N2O4S. The highest BCUT2D eigenvalue weighted by atomic mass is 32.1. The lowest BCUT2D eigenvalue weighted by atomic mass is 10.1. The van der Waals surface area contributed by atoms with Gasteiger partial charge in [-0.1, -0.05) is 18.2 Å². The van der Waals surface area contributed by atoms with Crippen LogP contribution in [0.5, 0.6) is 0 Å². The summed E-state index contributed by atoms with van der Waals surface area (Å²) in [5, 5.41) is 14.9. The molecule has 2 aromatic carbocycles. The van der Waals surface area contributed by atoms with E-state index in [0.29, 0.717) is 16.1 Å². The van der Waals surface area contributed by atoms with Crippen molar-refractivity contribution >= 4 is 34.8 Å². The number of carbonyl (C=O) groups is 3. The molecule has 3 aromatic rings. The summed E-state index contributed by atoms with van der Waals surface area (Å²) in [5.74, 6) is -1.36. The summed E-state index contributed by atoms with van der Waals surface area (Å²) in [5.41, 5.74) is 3.05. The number of hydrogen-bond acceptors (Lipinski definition) is 4. The molecule has 0 bridgehead atoms. The van der Waals surface area contributed by atoms with Crippen LogP contribution in [-0.4, -0.2) is 28.9 Å². The van der Waals surface area contributed by atoms with Crippen molar-refractivity contribution in [2.45, 2.75) is 25.8 Å². The van der Waals surface area contributed by atoms with Gasteiger partial charge in [-0.25, -0.2) is 4.79 Å². The second-order valence-corrected chi connectivity index (χ2v) is 8.36. The molecule has 0 atom stereocenters. The monoisotopic (exact) mass is 420 g/mol. The summed E-state index contributed by atoms with van der Waals surface area (Å²) in [6, 6.07) is 15.6. The minimum Gasteiger partial charge on any atom is -0.478 e. The fourth-order valence-electron chi connectivity index (χ4n) is 2.97. The van der Waals surface area contributed by atoms with E-state index < -0.39 is 5.97 Å². The molecule has 3 N–H and O–H groups in total. The number of aromatic carboxylic acids is 1. The molecule has 2 amide bonds. The van der Waals surface area contributed by atoms with Gasteiger partial charge < -0.3 is 15.7 Å². The fourth-order valence-corrected chi connectivity index (χ4v) is 3.88. The number of aryl methyl sites for hydroxylation is 1. The molecule has 6 nitrogen and oxygen atoms in total. The highest BCUT2D eigenvalue weighted by Gasteiger charge is 2.24. The van der Waals surface area contributed by atoms with Crippen LogP contribution < -0.4 is 10.6 Å². The maximum absolute atomic E-state index is 12.7. The van der Waals surface area contributed by atoms with Gasteiger partial charge in [0.1, 0.15) is 0 Å². The first-order valence-electron chi connectivity index (χ1n) is 9.57. The molecule has 1 aliphatic rings. The van der Waals surface area contributed by atoms with Crippen LogP contribution in [0.1, 0.15) is 48.8 Å². The van der Waals surface area contributed by atoms with E-state index in [1.165, 1.54) is 11.3 Å². The van der Waals surface area contributed by atoms with Crippen LogP contribution in [0.25, 0.3) is 10.4 Å². The molecule has 7 heteroatoms. The summed E-state index contributed by atoms with van der Waals surface area (Å²) in [6.45, 7) is 1.88. The molecule has 0 aliphatic heterocycles. The molecule has 152 valence electrons. The lowest BCUT2D eigenvalue weighted by Crippen LogP contribution is -2.25. The van der Waals surface area contributed by atoms with Gasteiger partial charge >= 0.3 is 5.97 Å². The van der Waals surface area contributed by atoms with Crippen molar-refractivity contribution < 1.29 is 19.5 Å². The second-order valence-electron chi connectivity index (χ2n) is 7.28. The molecule has 30 heavy (non-hydrogen) atoms. The van der Waals surface area contributed by atoms with Gasteiger partial charge in [0.25, 0.3) is 11.8 Å². The first kappa shape index (κ1) is 19.8. The van der Waals surface area contributed by atoms with Crippen LogP contribution in [0.4, 0.5) is 5.69 Å². The summed E-state index contributed by atoms with van der Waals surface area (Å²) < 4.78 is 0. The van der Waals surface area contributed by atoms with E-state index in [1.807, 2.05) is 19.1 Å². The Morgan fingerprint density at radius 1 is 0.933 bits per heavy atom. The quantitative estimate of drug-likeness (QED) is 0.544. The third-order valence-corrected chi connectivity index (χ3v) is 6.04. The number of benzene rings is 2. The Hall–Kier alpha value is -3.45. The van der Waals surface area contributed by atoms with Gasteiger partial charge in [-0.2, -0.15) is 0 Å². The smallest absolute Gasteiger partial charge is 0.335 e. The standard InChI is InChI=1S/C23H20N2O4S/c1-13-2-3-16(21(26)24-17-8-9-17)12-18(13)25-22(27)20-11-10-19(30-20)14-4-6-15(7-5-14)23(28)29/h2-7,10-12,17H,8-9H2,1H3,(H,24,26)(H,25,27)(H,28,29). The van der Waals surface area contributed by atoms with Gasteiger partial charge in [-0.05, 0) is 67.3 Å². The zero-order valence-corrected chi connectivity index (χ0v) is 17.1. The molecule has 0 saturated heterocycles. The topological polar surface area (TPSA) is 95.5 Å². The highest BCUT2D eigenvalue weighted by molar-refractivity contribution is 7.17. The molecule has 1 fully saturated rings. The van der Waals surface area contributed by atoms with E-state index >= 15 is 0 Å². The number of hydrogen-bond donors (Lipinski definition) is 3. The van der Waals surface area contributed by atoms with Crippen molar-refractivity contribution in [2.24, 2.45) is 0 Å². The van der Waals surface area contributed by atoms with Gasteiger partial charge in [-0.15, -0.1) is 11.3 Å². The number of rotatable bonds is 6. The second kappa shape index (κ2) is 8.12. The Balaban J connectivity index is 1.49. The summed E-state index contributed by atoms with van der Waals surface area (Å²) in [7, 11) is 0. The summed E-state index contributed by atoms with van der Waals surface area (Å²) in [6.07, 6.45) is 2.03. The van der Waals surface area contributed by atoms with Gasteiger partial charge in [0.2, 0.25) is 0 Å². The average molecular weight is 420 g/mol. The Bertz CT molecular complexity index is 1130. The average Bonchev–Trinajstić information content (AvgIpc) is 3.40. The molecule has 1 saturated carbocycles. The summed E-state index contributed by atoms with van der Waals surface area (Å²) >= 11 is 1.32. The third-order valence-electron chi connectivity index (χ3n) is 4.91.